The highest BCUT2D eigenvalue weighted by Crippen LogP contribution is 2.37. The number of hydrogen-bond donors (Lipinski definition) is 2. The maximum absolute atomic E-state index is 10.1. The molecule has 1 aliphatic carbocycles. The Labute approximate surface area is 204 Å². The molecule has 1 aromatic carbocycles. The molecule has 0 aliphatic heterocycles. The van der Waals surface area contributed by atoms with Gasteiger partial charge in [-0.2, -0.15) is 10.2 Å². The third-order valence-corrected chi connectivity index (χ3v) is 6.92. The van der Waals surface area contributed by atoms with E-state index in [9.17, 15) is 5.11 Å². The number of nitrogens with one attached hydrogen (secondary N) is 1. The molecule has 9 nitrogen and oxygen atoms in total. The number of aromatic nitrogens is 5. The van der Waals surface area contributed by atoms with Crippen molar-refractivity contribution in [1.29, 1.82) is 0 Å². The Morgan fingerprint density at radius 3 is 2.66 bits per heavy atom. The number of aliphatic hydroxyl groups excluding tert-OH is 1. The van der Waals surface area contributed by atoms with E-state index >= 15 is 0 Å². The van der Waals surface area contributed by atoms with Gasteiger partial charge in [-0.05, 0) is 44.2 Å². The number of aliphatic hydroxyl groups is 1. The topological polar surface area (TPSA) is 99.3 Å². The lowest BCUT2D eigenvalue weighted by molar-refractivity contribution is -0.0775. The molecule has 0 saturated heterocycles. The fraction of sp³-hybridized carbons (Fsp3) is 0.423. The Kier molecular flexibility index (Phi) is 6.44. The summed E-state index contributed by atoms with van der Waals surface area (Å²) in [5, 5.41) is 23.7. The summed E-state index contributed by atoms with van der Waals surface area (Å²) in [6, 6.07) is 8.07. The molecule has 0 spiro atoms. The molecule has 1 saturated carbocycles. The highest BCUT2D eigenvalue weighted by Gasteiger charge is 2.27. The van der Waals surface area contributed by atoms with Crippen LogP contribution in [0.3, 0.4) is 0 Å². The van der Waals surface area contributed by atoms with Crippen molar-refractivity contribution < 1.29 is 14.6 Å². The van der Waals surface area contributed by atoms with Crippen molar-refractivity contribution in [3.8, 4) is 17.0 Å². The van der Waals surface area contributed by atoms with Gasteiger partial charge in [-0.15, -0.1) is 0 Å². The molecule has 3 heterocycles. The van der Waals surface area contributed by atoms with Gasteiger partial charge >= 0.3 is 0 Å². The number of pyridine rings is 1. The number of ether oxygens (including phenoxy) is 2. The molecule has 1 aliphatic rings. The number of aryl methyl sites for hydroxylation is 1. The number of fused-ring (bicyclic) bond motifs is 1. The first-order chi connectivity index (χ1) is 17.0. The highest BCUT2D eigenvalue weighted by atomic mass is 16.6. The van der Waals surface area contributed by atoms with E-state index in [4.69, 9.17) is 14.6 Å². The molecule has 0 radical (unpaired) electrons. The average Bonchev–Trinajstić information content (AvgIpc) is 3.48. The van der Waals surface area contributed by atoms with Crippen molar-refractivity contribution in [3.63, 3.8) is 0 Å². The molecule has 1 atom stereocenters. The van der Waals surface area contributed by atoms with E-state index in [-0.39, 0.29) is 12.1 Å². The lowest BCUT2D eigenvalue weighted by Crippen LogP contribution is -2.26. The van der Waals surface area contributed by atoms with E-state index in [1.807, 2.05) is 57.8 Å². The van der Waals surface area contributed by atoms with Crippen molar-refractivity contribution in [1.82, 2.24) is 24.5 Å². The fourth-order valence-electron chi connectivity index (χ4n) is 4.94. The summed E-state index contributed by atoms with van der Waals surface area (Å²) in [6.45, 7) is 1.96. The monoisotopic (exact) mass is 476 g/mol. The van der Waals surface area contributed by atoms with Crippen molar-refractivity contribution in [2.45, 2.75) is 51.0 Å². The van der Waals surface area contributed by atoms with Gasteiger partial charge in [0.15, 0.2) is 6.29 Å². The molecule has 0 bridgehead atoms. The van der Waals surface area contributed by atoms with Crippen LogP contribution in [0, 0.1) is 6.92 Å². The van der Waals surface area contributed by atoms with Crippen LogP contribution in [0.25, 0.3) is 22.2 Å². The molecule has 5 rings (SSSR count). The van der Waals surface area contributed by atoms with Gasteiger partial charge < -0.3 is 19.9 Å². The Hall–Kier alpha value is -3.43. The minimum absolute atomic E-state index is 0.119. The molecule has 0 amide bonds. The van der Waals surface area contributed by atoms with Crippen LogP contribution in [0.1, 0.15) is 49.1 Å². The normalized spacial score (nSPS) is 19.1. The van der Waals surface area contributed by atoms with Crippen LogP contribution in [0.4, 0.5) is 5.82 Å². The van der Waals surface area contributed by atoms with Crippen molar-refractivity contribution >= 4 is 16.7 Å². The zero-order valence-electron chi connectivity index (χ0n) is 20.6. The van der Waals surface area contributed by atoms with Crippen molar-refractivity contribution in [3.05, 3.63) is 54.0 Å². The molecule has 9 heteroatoms. The van der Waals surface area contributed by atoms with E-state index in [0.29, 0.717) is 0 Å². The van der Waals surface area contributed by atoms with E-state index < -0.39 is 6.29 Å². The first-order valence-corrected chi connectivity index (χ1v) is 12.0. The maximum Gasteiger partial charge on any atom is 0.181 e. The first-order valence-electron chi connectivity index (χ1n) is 12.0. The van der Waals surface area contributed by atoms with Crippen LogP contribution in [-0.2, 0) is 11.8 Å². The number of rotatable bonds is 7. The molecule has 4 aromatic rings. The fourth-order valence-corrected chi connectivity index (χ4v) is 4.94. The zero-order chi connectivity index (χ0) is 24.5. The summed E-state index contributed by atoms with van der Waals surface area (Å²) in [5.74, 6) is 1.62. The van der Waals surface area contributed by atoms with Gasteiger partial charge in [0, 0.05) is 56.2 Å². The largest absolute Gasteiger partial charge is 0.490 e. The van der Waals surface area contributed by atoms with E-state index in [1.165, 1.54) is 7.11 Å². The van der Waals surface area contributed by atoms with Crippen molar-refractivity contribution in [2.75, 3.05) is 19.5 Å². The smallest absolute Gasteiger partial charge is 0.181 e. The lowest BCUT2D eigenvalue weighted by Gasteiger charge is -2.30. The number of hydrogen-bond acceptors (Lipinski definition) is 7. The second-order valence-corrected chi connectivity index (χ2v) is 9.14. The molecule has 184 valence electrons. The van der Waals surface area contributed by atoms with Crippen LogP contribution in [-0.4, -0.2) is 49.9 Å². The van der Waals surface area contributed by atoms with Gasteiger partial charge in [0.2, 0.25) is 0 Å². The SMILES string of the molecule is CNc1cc2c(cn1)c(-c1cnn(C)c1)nn2[C@H]1CC[C@@H](Oc2cccc(C(O)OC)c2C)CC1. The van der Waals surface area contributed by atoms with Gasteiger partial charge in [0.1, 0.15) is 17.3 Å². The summed E-state index contributed by atoms with van der Waals surface area (Å²) in [6.07, 6.45) is 8.67. The average molecular weight is 477 g/mol. The van der Waals surface area contributed by atoms with Crippen LogP contribution >= 0.6 is 0 Å². The Morgan fingerprint density at radius 1 is 1.17 bits per heavy atom. The Balaban J connectivity index is 1.37. The number of methoxy groups -OCH3 is 1. The quantitative estimate of drug-likeness (QED) is 0.382. The van der Waals surface area contributed by atoms with E-state index in [1.54, 1.807) is 4.68 Å². The summed E-state index contributed by atoms with van der Waals surface area (Å²) in [7, 11) is 5.28. The summed E-state index contributed by atoms with van der Waals surface area (Å²) < 4.78 is 15.4. The molecule has 1 unspecified atom stereocenters. The molecule has 3 aromatic heterocycles. The first kappa shape index (κ1) is 23.3. The summed E-state index contributed by atoms with van der Waals surface area (Å²) in [5.41, 5.74) is 4.62. The predicted molar refractivity (Wildman–Crippen MR) is 134 cm³/mol. The van der Waals surface area contributed by atoms with Gasteiger partial charge in [-0.3, -0.25) is 9.36 Å². The minimum Gasteiger partial charge on any atom is -0.490 e. The van der Waals surface area contributed by atoms with E-state index in [0.717, 1.165) is 70.5 Å². The van der Waals surface area contributed by atoms with Gasteiger partial charge in [0.05, 0.1) is 23.9 Å². The molecular weight excluding hydrogens is 444 g/mol. The van der Waals surface area contributed by atoms with Crippen LogP contribution in [0.15, 0.2) is 42.9 Å². The lowest BCUT2D eigenvalue weighted by atomic mass is 9.92. The van der Waals surface area contributed by atoms with Gasteiger partial charge in [0.25, 0.3) is 0 Å². The second-order valence-electron chi connectivity index (χ2n) is 9.14. The predicted octanol–water partition coefficient (Wildman–Crippen LogP) is 4.38. The number of nitrogens with zero attached hydrogens (tertiary/aromatic N) is 5. The van der Waals surface area contributed by atoms with E-state index in [2.05, 4.69) is 26.1 Å². The summed E-state index contributed by atoms with van der Waals surface area (Å²) >= 11 is 0. The molecule has 1 fully saturated rings. The van der Waals surface area contributed by atoms with Crippen LogP contribution in [0.2, 0.25) is 0 Å². The standard InChI is InChI=1S/C26H32N6O3/c1-16-20(26(33)34-4)6-5-7-23(16)35-19-10-8-18(9-11-19)32-22-12-24(27-2)28-14-21(22)25(30-32)17-13-29-31(3)15-17/h5-7,12-15,18-19,26,33H,8-11H2,1-4H3,(H,27,28)/t18-,19+,26?. The van der Waals surface area contributed by atoms with Crippen LogP contribution in [0.5, 0.6) is 5.75 Å². The molecule has 35 heavy (non-hydrogen) atoms. The molecule has 2 N–H and O–H groups in total. The second kappa shape index (κ2) is 9.67. The van der Waals surface area contributed by atoms with Crippen LogP contribution < -0.4 is 10.1 Å². The summed E-state index contributed by atoms with van der Waals surface area (Å²) in [4.78, 5) is 4.53. The maximum atomic E-state index is 10.1. The zero-order valence-corrected chi connectivity index (χ0v) is 20.6. The number of benzene rings is 1. The van der Waals surface area contributed by atoms with Gasteiger partial charge in [-0.1, -0.05) is 12.1 Å². The van der Waals surface area contributed by atoms with Crippen molar-refractivity contribution in [2.24, 2.45) is 7.05 Å². The van der Waals surface area contributed by atoms with Gasteiger partial charge in [-0.25, -0.2) is 4.98 Å². The highest BCUT2D eigenvalue weighted by molar-refractivity contribution is 5.93. The number of anilines is 1. The Bertz CT molecular complexity index is 1320. The third-order valence-electron chi connectivity index (χ3n) is 6.92. The minimum atomic E-state index is -0.951. The Morgan fingerprint density at radius 2 is 1.97 bits per heavy atom. The molecular formula is C26H32N6O3. The third kappa shape index (κ3) is 4.49.